The first-order valence-electron chi connectivity index (χ1n) is 5.90. The molecule has 0 aromatic heterocycles. The lowest BCUT2D eigenvalue weighted by Crippen LogP contribution is -2.21. The van der Waals surface area contributed by atoms with E-state index in [2.05, 4.69) is 4.18 Å². The van der Waals surface area contributed by atoms with Crippen LogP contribution < -0.4 is 5.32 Å². The molecule has 2 amide bonds. The Morgan fingerprint density at radius 1 is 1.09 bits per heavy atom. The summed E-state index contributed by atoms with van der Waals surface area (Å²) in [5.41, 5.74) is -0.527. The van der Waals surface area contributed by atoms with Gasteiger partial charge in [0.15, 0.2) is 0 Å². The van der Waals surface area contributed by atoms with Gasteiger partial charge >= 0.3 is 16.3 Å². The molecule has 0 aliphatic carbocycles. The van der Waals surface area contributed by atoms with E-state index in [1.165, 1.54) is 6.07 Å². The van der Waals surface area contributed by atoms with Gasteiger partial charge in [-0.25, -0.2) is 4.79 Å². The highest BCUT2D eigenvalue weighted by Gasteiger charge is 2.37. The summed E-state index contributed by atoms with van der Waals surface area (Å²) in [5, 5.41) is 11.3. The summed E-state index contributed by atoms with van der Waals surface area (Å²) >= 11 is 0. The van der Waals surface area contributed by atoms with Crippen molar-refractivity contribution in [3.05, 3.63) is 41.5 Å². The summed E-state index contributed by atoms with van der Waals surface area (Å²) in [6, 6.07) is 7.43. The van der Waals surface area contributed by atoms with Crippen LogP contribution in [0.4, 0.5) is 4.79 Å². The number of hydrogen-bond donors (Lipinski definition) is 2. The van der Waals surface area contributed by atoms with E-state index in [0.717, 1.165) is 6.07 Å². The molecule has 1 aliphatic heterocycles. The monoisotopic (exact) mass is 321 g/mol. The quantitative estimate of drug-likeness (QED) is 0.626. The van der Waals surface area contributed by atoms with Gasteiger partial charge in [0.1, 0.15) is 4.90 Å². The Hall–Kier alpha value is -2.94. The van der Waals surface area contributed by atoms with Gasteiger partial charge in [-0.2, -0.15) is 8.42 Å². The zero-order chi connectivity index (χ0) is 16.1. The molecule has 0 unspecified atom stereocenters. The molecule has 0 saturated carbocycles. The molecule has 0 fully saturated rings. The number of carbonyl (C=O) groups is 3. The molecule has 0 radical (unpaired) electrons. The van der Waals surface area contributed by atoms with E-state index in [-0.39, 0.29) is 5.56 Å². The van der Waals surface area contributed by atoms with E-state index in [1.807, 2.05) is 5.32 Å². The number of fused-ring (bicyclic) bond motifs is 3. The Balaban J connectivity index is 2.43. The zero-order valence-electron chi connectivity index (χ0n) is 10.7. The van der Waals surface area contributed by atoms with Gasteiger partial charge in [-0.15, -0.1) is 0 Å². The molecule has 9 heteroatoms. The highest BCUT2D eigenvalue weighted by Crippen LogP contribution is 2.32. The molecule has 8 nitrogen and oxygen atoms in total. The van der Waals surface area contributed by atoms with Crippen molar-refractivity contribution in [3.8, 4) is 0 Å². The number of rotatable bonds is 2. The molecular formula is C13H7NO7S. The summed E-state index contributed by atoms with van der Waals surface area (Å²) in [7, 11) is -4.75. The van der Waals surface area contributed by atoms with Crippen LogP contribution in [0.2, 0.25) is 0 Å². The van der Waals surface area contributed by atoms with Gasteiger partial charge in [0.25, 0.3) is 11.8 Å². The van der Waals surface area contributed by atoms with E-state index in [9.17, 15) is 22.8 Å². The van der Waals surface area contributed by atoms with Crippen molar-refractivity contribution in [2.45, 2.75) is 4.90 Å². The second-order valence-corrected chi connectivity index (χ2v) is 5.95. The molecule has 2 N–H and O–H groups in total. The first kappa shape index (κ1) is 14.0. The summed E-state index contributed by atoms with van der Waals surface area (Å²) in [6.07, 6.45) is -2.04. The third-order valence-corrected chi connectivity index (χ3v) is 4.37. The molecule has 0 spiro atoms. The Morgan fingerprint density at radius 2 is 1.73 bits per heavy atom. The lowest BCUT2D eigenvalue weighted by Gasteiger charge is -2.09. The molecule has 112 valence electrons. The number of benzene rings is 2. The van der Waals surface area contributed by atoms with Crippen molar-refractivity contribution in [1.82, 2.24) is 5.32 Å². The van der Waals surface area contributed by atoms with Crippen molar-refractivity contribution in [2.75, 3.05) is 0 Å². The fourth-order valence-electron chi connectivity index (χ4n) is 2.35. The molecule has 22 heavy (non-hydrogen) atoms. The van der Waals surface area contributed by atoms with Gasteiger partial charge in [0.2, 0.25) is 0 Å². The van der Waals surface area contributed by atoms with Gasteiger partial charge in [-0.3, -0.25) is 14.9 Å². The second kappa shape index (κ2) is 4.53. The number of carboxylic acid groups (broad SMARTS) is 1. The predicted octanol–water partition coefficient (Wildman–Crippen LogP) is 1.11. The maximum Gasteiger partial charge on any atom is 0.522 e. The van der Waals surface area contributed by atoms with Crippen molar-refractivity contribution in [2.24, 2.45) is 0 Å². The van der Waals surface area contributed by atoms with Crippen LogP contribution in [0.15, 0.2) is 35.2 Å². The first-order chi connectivity index (χ1) is 10.3. The minimum Gasteiger partial charge on any atom is -0.449 e. The maximum absolute atomic E-state index is 12.0. The van der Waals surface area contributed by atoms with Crippen LogP contribution in [0.25, 0.3) is 10.8 Å². The molecule has 0 bridgehead atoms. The van der Waals surface area contributed by atoms with Crippen LogP contribution in [0.1, 0.15) is 20.7 Å². The third kappa shape index (κ3) is 1.99. The van der Waals surface area contributed by atoms with Crippen molar-refractivity contribution in [3.63, 3.8) is 0 Å². The smallest absolute Gasteiger partial charge is 0.449 e. The van der Waals surface area contributed by atoms with Gasteiger partial charge in [-0.1, -0.05) is 24.3 Å². The van der Waals surface area contributed by atoms with Crippen molar-refractivity contribution >= 4 is 38.9 Å². The van der Waals surface area contributed by atoms with Crippen molar-refractivity contribution < 1.29 is 32.1 Å². The Bertz CT molecular complexity index is 962. The standard InChI is InChI=1S/C13H7NO7S/c15-11-9-7-4-2-1-3-6(7)5-8(10(9)12(16)14-11)22(19,20)21-13(17)18/h1-5H,(H,17,18)(H,14,15,16). The second-order valence-electron chi connectivity index (χ2n) is 4.43. The van der Waals surface area contributed by atoms with Crippen molar-refractivity contribution in [1.29, 1.82) is 0 Å². The molecule has 2 aromatic carbocycles. The van der Waals surface area contributed by atoms with E-state index in [0.29, 0.717) is 10.8 Å². The topological polar surface area (TPSA) is 127 Å². The Morgan fingerprint density at radius 3 is 2.41 bits per heavy atom. The lowest BCUT2D eigenvalue weighted by molar-refractivity contribution is 0.0878. The highest BCUT2D eigenvalue weighted by atomic mass is 32.2. The summed E-state index contributed by atoms with van der Waals surface area (Å²) < 4.78 is 27.9. The molecule has 2 aromatic rings. The van der Waals surface area contributed by atoms with E-state index in [1.54, 1.807) is 18.2 Å². The minimum atomic E-state index is -4.75. The molecule has 1 aliphatic rings. The fourth-order valence-corrected chi connectivity index (χ4v) is 3.34. The Kier molecular flexibility index (Phi) is 2.89. The van der Waals surface area contributed by atoms with Crippen LogP contribution in [0.3, 0.4) is 0 Å². The van der Waals surface area contributed by atoms with Crippen LogP contribution in [-0.2, 0) is 14.3 Å². The van der Waals surface area contributed by atoms with Crippen LogP contribution in [-0.4, -0.2) is 31.5 Å². The van der Waals surface area contributed by atoms with Gasteiger partial charge < -0.3 is 9.29 Å². The van der Waals surface area contributed by atoms with Gasteiger partial charge in [0.05, 0.1) is 11.1 Å². The Labute approximate surface area is 123 Å². The summed E-state index contributed by atoms with van der Waals surface area (Å²) in [5.74, 6) is -1.66. The van der Waals surface area contributed by atoms with Gasteiger partial charge in [0, 0.05) is 0 Å². The zero-order valence-corrected chi connectivity index (χ0v) is 11.5. The number of carbonyl (C=O) groups excluding carboxylic acids is 2. The van der Waals surface area contributed by atoms with Gasteiger partial charge in [-0.05, 0) is 16.8 Å². The number of amides is 2. The van der Waals surface area contributed by atoms with E-state index < -0.39 is 38.5 Å². The number of nitrogens with one attached hydrogen (secondary N) is 1. The third-order valence-electron chi connectivity index (χ3n) is 3.14. The van der Waals surface area contributed by atoms with E-state index >= 15 is 0 Å². The SMILES string of the molecule is O=C(O)OS(=O)(=O)c1cc2ccccc2c2c1C(=O)NC2=O. The van der Waals surface area contributed by atoms with Crippen LogP contribution in [0.5, 0.6) is 0 Å². The largest absolute Gasteiger partial charge is 0.522 e. The fraction of sp³-hybridized carbons (Fsp3) is 0. The maximum atomic E-state index is 12.0. The minimum absolute atomic E-state index is 0.115. The number of imide groups is 1. The normalized spacial score (nSPS) is 13.8. The number of hydrogen-bond acceptors (Lipinski definition) is 6. The molecule has 3 rings (SSSR count). The molecule has 0 saturated heterocycles. The molecule has 1 heterocycles. The first-order valence-corrected chi connectivity index (χ1v) is 7.31. The average Bonchev–Trinajstić information content (AvgIpc) is 2.72. The summed E-state index contributed by atoms with van der Waals surface area (Å²) in [6.45, 7) is 0. The van der Waals surface area contributed by atoms with Crippen LogP contribution >= 0.6 is 0 Å². The molecule has 0 atom stereocenters. The molecular weight excluding hydrogens is 314 g/mol. The average molecular weight is 321 g/mol. The van der Waals surface area contributed by atoms with E-state index in [4.69, 9.17) is 5.11 Å². The lowest BCUT2D eigenvalue weighted by atomic mass is 10.0. The highest BCUT2D eigenvalue weighted by molar-refractivity contribution is 7.87. The van der Waals surface area contributed by atoms with Crippen LogP contribution in [0, 0.1) is 0 Å². The predicted molar refractivity (Wildman–Crippen MR) is 72.0 cm³/mol. The summed E-state index contributed by atoms with van der Waals surface area (Å²) in [4.78, 5) is 33.6.